The van der Waals surface area contributed by atoms with Gasteiger partial charge in [0.05, 0.1) is 12.7 Å². The largest absolute Gasteiger partial charge is 0.347 e. The summed E-state index contributed by atoms with van der Waals surface area (Å²) in [5.41, 5.74) is 0. The van der Waals surface area contributed by atoms with E-state index in [-0.39, 0.29) is 5.79 Å². The van der Waals surface area contributed by atoms with Crippen LogP contribution in [0.3, 0.4) is 0 Å². The molecule has 3 aliphatic rings. The molecule has 1 atom stereocenters. The van der Waals surface area contributed by atoms with E-state index in [4.69, 9.17) is 9.47 Å². The molecule has 0 bridgehead atoms. The van der Waals surface area contributed by atoms with Crippen LogP contribution in [0.1, 0.15) is 44.9 Å². The highest BCUT2D eigenvalue weighted by molar-refractivity contribution is 5.79. The number of carbonyl (C=O) groups is 1. The molecule has 2 saturated carbocycles. The lowest BCUT2D eigenvalue weighted by Crippen LogP contribution is -2.36. The normalized spacial score (nSPS) is 34.9. The average Bonchev–Trinajstić information content (AvgIpc) is 2.95. The Morgan fingerprint density at radius 2 is 2.00 bits per heavy atom. The fourth-order valence-electron chi connectivity index (χ4n) is 2.63. The molecule has 0 aromatic heterocycles. The number of ketones is 1. The van der Waals surface area contributed by atoms with E-state index < -0.39 is 0 Å². The third-order valence-electron chi connectivity index (χ3n) is 3.78. The predicted octanol–water partition coefficient (Wildman–Crippen LogP) is 2.04. The van der Waals surface area contributed by atoms with Crippen LogP contribution >= 0.6 is 0 Å². The zero-order valence-electron chi connectivity index (χ0n) is 9.04. The van der Waals surface area contributed by atoms with Gasteiger partial charge in [-0.2, -0.15) is 0 Å². The SMILES string of the molecule is O=C1CCC2(CC1)OCC(CC1CC1)O2. The molecule has 84 valence electrons. The van der Waals surface area contributed by atoms with Gasteiger partial charge in [0, 0.05) is 25.7 Å². The second-order valence-corrected chi connectivity index (χ2v) is 5.18. The van der Waals surface area contributed by atoms with E-state index in [9.17, 15) is 4.79 Å². The van der Waals surface area contributed by atoms with Gasteiger partial charge in [0.1, 0.15) is 5.78 Å². The van der Waals surface area contributed by atoms with Gasteiger partial charge in [0.15, 0.2) is 5.79 Å². The third kappa shape index (κ3) is 2.08. The Hall–Kier alpha value is -0.410. The fourth-order valence-corrected chi connectivity index (χ4v) is 2.63. The van der Waals surface area contributed by atoms with Crippen molar-refractivity contribution in [2.75, 3.05) is 6.61 Å². The summed E-state index contributed by atoms with van der Waals surface area (Å²) in [7, 11) is 0. The number of rotatable bonds is 2. The summed E-state index contributed by atoms with van der Waals surface area (Å²) in [5.74, 6) is 0.866. The highest BCUT2D eigenvalue weighted by atomic mass is 16.7. The van der Waals surface area contributed by atoms with Gasteiger partial charge < -0.3 is 9.47 Å². The van der Waals surface area contributed by atoms with Crippen molar-refractivity contribution in [2.45, 2.75) is 56.8 Å². The third-order valence-corrected chi connectivity index (χ3v) is 3.78. The highest BCUT2D eigenvalue weighted by Gasteiger charge is 2.44. The number of hydrogen-bond donors (Lipinski definition) is 0. The molecule has 1 unspecified atom stereocenters. The van der Waals surface area contributed by atoms with E-state index in [0.717, 1.165) is 31.8 Å². The summed E-state index contributed by atoms with van der Waals surface area (Å²) < 4.78 is 11.8. The first-order valence-corrected chi connectivity index (χ1v) is 6.09. The highest BCUT2D eigenvalue weighted by Crippen LogP contribution is 2.41. The van der Waals surface area contributed by atoms with Crippen LogP contribution < -0.4 is 0 Å². The Morgan fingerprint density at radius 3 is 2.67 bits per heavy atom. The van der Waals surface area contributed by atoms with Crippen molar-refractivity contribution < 1.29 is 14.3 Å². The first-order chi connectivity index (χ1) is 7.26. The van der Waals surface area contributed by atoms with Crippen molar-refractivity contribution in [3.05, 3.63) is 0 Å². The van der Waals surface area contributed by atoms with Crippen LogP contribution in [0, 0.1) is 5.92 Å². The van der Waals surface area contributed by atoms with Gasteiger partial charge >= 0.3 is 0 Å². The Balaban J connectivity index is 1.56. The maximum absolute atomic E-state index is 11.2. The molecule has 1 heterocycles. The van der Waals surface area contributed by atoms with Crippen molar-refractivity contribution in [3.63, 3.8) is 0 Å². The van der Waals surface area contributed by atoms with Crippen LogP contribution in [0.4, 0.5) is 0 Å². The molecular weight excluding hydrogens is 192 g/mol. The minimum atomic E-state index is -0.381. The molecule has 2 aliphatic carbocycles. The fraction of sp³-hybridized carbons (Fsp3) is 0.917. The lowest BCUT2D eigenvalue weighted by atomic mass is 9.93. The zero-order chi connectivity index (χ0) is 10.3. The quantitative estimate of drug-likeness (QED) is 0.699. The van der Waals surface area contributed by atoms with Crippen molar-refractivity contribution in [2.24, 2.45) is 5.92 Å². The summed E-state index contributed by atoms with van der Waals surface area (Å²) in [6, 6.07) is 0. The number of hydrogen-bond acceptors (Lipinski definition) is 3. The molecule has 15 heavy (non-hydrogen) atoms. The van der Waals surface area contributed by atoms with Crippen molar-refractivity contribution in [1.29, 1.82) is 0 Å². The molecule has 0 radical (unpaired) electrons. The van der Waals surface area contributed by atoms with Crippen molar-refractivity contribution in [1.82, 2.24) is 0 Å². The summed E-state index contributed by atoms with van der Waals surface area (Å²) in [6.45, 7) is 0.741. The lowest BCUT2D eigenvalue weighted by Gasteiger charge is -2.31. The van der Waals surface area contributed by atoms with Crippen LogP contribution in [0.5, 0.6) is 0 Å². The van der Waals surface area contributed by atoms with Crippen LogP contribution in [-0.2, 0) is 14.3 Å². The molecule has 3 nitrogen and oxygen atoms in total. The first kappa shape index (κ1) is 9.79. The van der Waals surface area contributed by atoms with Gasteiger partial charge in [-0.25, -0.2) is 0 Å². The molecule has 0 amide bonds. The van der Waals surface area contributed by atoms with Gasteiger partial charge in [-0.3, -0.25) is 4.79 Å². The Morgan fingerprint density at radius 1 is 1.27 bits per heavy atom. The molecule has 0 aromatic rings. The van der Waals surface area contributed by atoms with Gasteiger partial charge in [-0.15, -0.1) is 0 Å². The molecule has 1 aliphatic heterocycles. The van der Waals surface area contributed by atoms with Gasteiger partial charge in [0.25, 0.3) is 0 Å². The summed E-state index contributed by atoms with van der Waals surface area (Å²) >= 11 is 0. The molecule has 1 spiro atoms. The van der Waals surface area contributed by atoms with Gasteiger partial charge in [-0.05, 0) is 12.3 Å². The van der Waals surface area contributed by atoms with Gasteiger partial charge in [0.2, 0.25) is 0 Å². The van der Waals surface area contributed by atoms with E-state index in [2.05, 4.69) is 0 Å². The van der Waals surface area contributed by atoms with E-state index in [1.54, 1.807) is 0 Å². The summed E-state index contributed by atoms with van der Waals surface area (Å²) in [4.78, 5) is 11.2. The number of Topliss-reactive ketones (excluding diaryl/α,β-unsaturated/α-hetero) is 1. The topological polar surface area (TPSA) is 35.5 Å². The Kier molecular flexibility index (Phi) is 2.33. The number of carbonyl (C=O) groups excluding carboxylic acids is 1. The van der Waals surface area contributed by atoms with E-state index in [1.165, 1.54) is 12.8 Å². The maximum Gasteiger partial charge on any atom is 0.169 e. The van der Waals surface area contributed by atoms with Crippen LogP contribution in [0.25, 0.3) is 0 Å². The molecule has 1 saturated heterocycles. The minimum absolute atomic E-state index is 0.297. The Bertz CT molecular complexity index is 260. The second kappa shape index (κ2) is 3.56. The van der Waals surface area contributed by atoms with Crippen molar-refractivity contribution in [3.8, 4) is 0 Å². The van der Waals surface area contributed by atoms with Crippen LogP contribution in [0.15, 0.2) is 0 Å². The second-order valence-electron chi connectivity index (χ2n) is 5.18. The Labute approximate surface area is 90.1 Å². The molecule has 3 heteroatoms. The smallest absolute Gasteiger partial charge is 0.169 e. The van der Waals surface area contributed by atoms with E-state index in [0.29, 0.717) is 24.7 Å². The standard InChI is InChI=1S/C12H18O3/c13-10-3-5-12(6-4-10)14-8-11(15-12)7-9-1-2-9/h9,11H,1-8H2. The van der Waals surface area contributed by atoms with Crippen LogP contribution in [0.2, 0.25) is 0 Å². The van der Waals surface area contributed by atoms with Crippen molar-refractivity contribution >= 4 is 5.78 Å². The molecule has 3 rings (SSSR count). The average molecular weight is 210 g/mol. The summed E-state index contributed by atoms with van der Waals surface area (Å²) in [5, 5.41) is 0. The zero-order valence-corrected chi connectivity index (χ0v) is 9.04. The maximum atomic E-state index is 11.2. The predicted molar refractivity (Wildman–Crippen MR) is 54.4 cm³/mol. The van der Waals surface area contributed by atoms with E-state index >= 15 is 0 Å². The first-order valence-electron chi connectivity index (χ1n) is 6.09. The minimum Gasteiger partial charge on any atom is -0.347 e. The molecular formula is C12H18O3. The van der Waals surface area contributed by atoms with Crippen LogP contribution in [-0.4, -0.2) is 24.3 Å². The van der Waals surface area contributed by atoms with Gasteiger partial charge in [-0.1, -0.05) is 12.8 Å². The number of ether oxygens (including phenoxy) is 2. The summed E-state index contributed by atoms with van der Waals surface area (Å²) in [6.07, 6.45) is 7.00. The lowest BCUT2D eigenvalue weighted by molar-refractivity contribution is -0.189. The molecule has 3 fully saturated rings. The monoisotopic (exact) mass is 210 g/mol. The molecule has 0 N–H and O–H groups in total. The van der Waals surface area contributed by atoms with E-state index in [1.807, 2.05) is 0 Å². The molecule has 0 aromatic carbocycles.